The van der Waals surface area contributed by atoms with Gasteiger partial charge in [0.1, 0.15) is 11.4 Å². The van der Waals surface area contributed by atoms with E-state index >= 15 is 0 Å². The van der Waals surface area contributed by atoms with E-state index in [2.05, 4.69) is 35.1 Å². The summed E-state index contributed by atoms with van der Waals surface area (Å²) < 4.78 is 0. The van der Waals surface area contributed by atoms with Crippen LogP contribution in [0.3, 0.4) is 0 Å². The standard InChI is InChI=1S/C17H15N7/c1-11-9-15(24-23-11)17-18-6-5-13(22-17)10-12-3-2-4-14(21-12)16-19-7-8-20-16/h2-9H,10H2,1H3,(H,19,20)(H,23,24). The van der Waals surface area contributed by atoms with Crippen LogP contribution < -0.4 is 0 Å². The molecule has 0 aromatic carbocycles. The molecule has 0 saturated heterocycles. The Labute approximate surface area is 138 Å². The van der Waals surface area contributed by atoms with Crippen LogP contribution in [0.4, 0.5) is 0 Å². The minimum Gasteiger partial charge on any atom is -0.343 e. The van der Waals surface area contributed by atoms with Gasteiger partial charge in [-0.1, -0.05) is 6.07 Å². The number of imidazole rings is 1. The van der Waals surface area contributed by atoms with Crippen molar-refractivity contribution in [2.45, 2.75) is 13.3 Å². The van der Waals surface area contributed by atoms with Crippen LogP contribution in [-0.2, 0) is 6.42 Å². The number of hydrogen-bond acceptors (Lipinski definition) is 5. The second kappa shape index (κ2) is 6.04. The number of pyridine rings is 1. The highest BCUT2D eigenvalue weighted by Crippen LogP contribution is 2.16. The first-order valence-corrected chi connectivity index (χ1v) is 7.58. The molecule has 0 atom stereocenters. The van der Waals surface area contributed by atoms with E-state index in [0.29, 0.717) is 12.2 Å². The van der Waals surface area contributed by atoms with Crippen molar-refractivity contribution in [2.24, 2.45) is 0 Å². The Hall–Kier alpha value is -3.35. The van der Waals surface area contributed by atoms with Crippen LogP contribution in [0, 0.1) is 6.92 Å². The smallest absolute Gasteiger partial charge is 0.180 e. The van der Waals surface area contributed by atoms with E-state index in [-0.39, 0.29) is 0 Å². The van der Waals surface area contributed by atoms with Crippen molar-refractivity contribution in [3.63, 3.8) is 0 Å². The van der Waals surface area contributed by atoms with Gasteiger partial charge in [0, 0.05) is 36.4 Å². The summed E-state index contributed by atoms with van der Waals surface area (Å²) >= 11 is 0. The van der Waals surface area contributed by atoms with Gasteiger partial charge in [-0.05, 0) is 31.2 Å². The summed E-state index contributed by atoms with van der Waals surface area (Å²) in [5.41, 5.74) is 4.35. The Bertz CT molecular complexity index is 957. The van der Waals surface area contributed by atoms with Crippen molar-refractivity contribution in [3.8, 4) is 23.0 Å². The zero-order valence-electron chi connectivity index (χ0n) is 13.1. The Kier molecular flexibility index (Phi) is 3.59. The molecular formula is C17H15N7. The topological polar surface area (TPSA) is 96.0 Å². The van der Waals surface area contributed by atoms with Crippen molar-refractivity contribution in [1.82, 2.24) is 35.1 Å². The highest BCUT2D eigenvalue weighted by molar-refractivity contribution is 5.50. The first-order valence-electron chi connectivity index (χ1n) is 7.58. The summed E-state index contributed by atoms with van der Waals surface area (Å²) in [7, 11) is 0. The number of aryl methyl sites for hydroxylation is 1. The van der Waals surface area contributed by atoms with E-state index in [1.54, 1.807) is 18.6 Å². The summed E-state index contributed by atoms with van der Waals surface area (Å²) in [4.78, 5) is 20.8. The highest BCUT2D eigenvalue weighted by atomic mass is 15.1. The van der Waals surface area contributed by atoms with Gasteiger partial charge in [-0.2, -0.15) is 5.10 Å². The van der Waals surface area contributed by atoms with E-state index in [0.717, 1.165) is 34.3 Å². The van der Waals surface area contributed by atoms with Gasteiger partial charge >= 0.3 is 0 Å². The van der Waals surface area contributed by atoms with Gasteiger partial charge in [0.25, 0.3) is 0 Å². The molecule has 24 heavy (non-hydrogen) atoms. The number of H-pyrrole nitrogens is 2. The summed E-state index contributed by atoms with van der Waals surface area (Å²) in [5, 5.41) is 7.11. The van der Waals surface area contributed by atoms with Gasteiger partial charge in [-0.25, -0.2) is 19.9 Å². The average molecular weight is 317 g/mol. The number of hydrogen-bond donors (Lipinski definition) is 2. The average Bonchev–Trinajstić information content (AvgIpc) is 3.27. The predicted octanol–water partition coefficient (Wildman–Crippen LogP) is 2.55. The maximum absolute atomic E-state index is 4.64. The fourth-order valence-electron chi connectivity index (χ4n) is 2.45. The molecule has 0 amide bonds. The normalized spacial score (nSPS) is 10.9. The van der Waals surface area contributed by atoms with E-state index in [9.17, 15) is 0 Å². The van der Waals surface area contributed by atoms with Crippen LogP contribution in [0.1, 0.15) is 17.1 Å². The number of nitrogens with one attached hydrogen (secondary N) is 2. The van der Waals surface area contributed by atoms with Crippen LogP contribution >= 0.6 is 0 Å². The minimum absolute atomic E-state index is 0.610. The van der Waals surface area contributed by atoms with E-state index in [1.807, 2.05) is 37.3 Å². The highest BCUT2D eigenvalue weighted by Gasteiger charge is 2.08. The molecule has 4 aromatic rings. The Morgan fingerprint density at radius 2 is 1.88 bits per heavy atom. The molecule has 7 heteroatoms. The molecule has 0 spiro atoms. The number of rotatable bonds is 4. The molecule has 0 aliphatic rings. The van der Waals surface area contributed by atoms with Gasteiger partial charge in [-0.3, -0.25) is 5.10 Å². The third-order valence-electron chi connectivity index (χ3n) is 3.56. The molecule has 0 aliphatic carbocycles. The van der Waals surface area contributed by atoms with Crippen LogP contribution in [0.15, 0.2) is 48.9 Å². The molecule has 0 aliphatic heterocycles. The predicted molar refractivity (Wildman–Crippen MR) is 89.0 cm³/mol. The quantitative estimate of drug-likeness (QED) is 0.603. The molecule has 0 fully saturated rings. The lowest BCUT2D eigenvalue weighted by Gasteiger charge is -2.04. The molecule has 7 nitrogen and oxygen atoms in total. The van der Waals surface area contributed by atoms with E-state index in [1.165, 1.54) is 0 Å². The zero-order valence-corrected chi connectivity index (χ0v) is 13.1. The van der Waals surface area contributed by atoms with E-state index in [4.69, 9.17) is 0 Å². The lowest BCUT2D eigenvalue weighted by molar-refractivity contribution is 0.976. The molecule has 4 heterocycles. The van der Waals surface area contributed by atoms with E-state index < -0.39 is 0 Å². The first kappa shape index (κ1) is 14.3. The third kappa shape index (κ3) is 2.91. The van der Waals surface area contributed by atoms with Gasteiger partial charge < -0.3 is 4.98 Å². The van der Waals surface area contributed by atoms with Crippen LogP contribution in [0.25, 0.3) is 23.0 Å². The maximum Gasteiger partial charge on any atom is 0.180 e. The van der Waals surface area contributed by atoms with Crippen LogP contribution in [0.5, 0.6) is 0 Å². The first-order chi connectivity index (χ1) is 11.8. The summed E-state index contributed by atoms with van der Waals surface area (Å²) in [6, 6.07) is 9.70. The molecule has 0 radical (unpaired) electrons. The Morgan fingerprint density at radius 3 is 2.67 bits per heavy atom. The van der Waals surface area contributed by atoms with Crippen molar-refractivity contribution < 1.29 is 0 Å². The minimum atomic E-state index is 0.610. The molecule has 118 valence electrons. The second-order valence-corrected chi connectivity index (χ2v) is 5.44. The Balaban J connectivity index is 1.61. The van der Waals surface area contributed by atoms with Crippen molar-refractivity contribution in [2.75, 3.05) is 0 Å². The molecule has 0 unspecified atom stereocenters. The SMILES string of the molecule is Cc1cc(-c2nccc(Cc3cccc(-c4ncc[nH]4)n3)n2)n[nH]1. The fraction of sp³-hybridized carbons (Fsp3) is 0.118. The summed E-state index contributed by atoms with van der Waals surface area (Å²) in [5.74, 6) is 1.37. The largest absolute Gasteiger partial charge is 0.343 e. The maximum atomic E-state index is 4.64. The summed E-state index contributed by atoms with van der Waals surface area (Å²) in [6.07, 6.45) is 5.87. The summed E-state index contributed by atoms with van der Waals surface area (Å²) in [6.45, 7) is 1.95. The zero-order chi connectivity index (χ0) is 16.4. The van der Waals surface area contributed by atoms with Gasteiger partial charge in [0.2, 0.25) is 0 Å². The molecule has 0 saturated carbocycles. The van der Waals surface area contributed by atoms with Crippen molar-refractivity contribution in [1.29, 1.82) is 0 Å². The lowest BCUT2D eigenvalue weighted by Crippen LogP contribution is -1.99. The lowest BCUT2D eigenvalue weighted by atomic mass is 10.2. The Morgan fingerprint density at radius 1 is 0.958 bits per heavy atom. The number of aromatic nitrogens is 7. The van der Waals surface area contributed by atoms with Gasteiger partial charge in [0.15, 0.2) is 11.6 Å². The second-order valence-electron chi connectivity index (χ2n) is 5.44. The monoisotopic (exact) mass is 317 g/mol. The molecule has 2 N–H and O–H groups in total. The molecule has 4 rings (SSSR count). The van der Waals surface area contributed by atoms with Crippen LogP contribution in [0.2, 0.25) is 0 Å². The number of aromatic amines is 2. The van der Waals surface area contributed by atoms with Gasteiger partial charge in [0.05, 0.1) is 5.69 Å². The third-order valence-corrected chi connectivity index (χ3v) is 3.56. The molecule has 4 aromatic heterocycles. The fourth-order valence-corrected chi connectivity index (χ4v) is 2.45. The van der Waals surface area contributed by atoms with Crippen molar-refractivity contribution >= 4 is 0 Å². The number of nitrogens with zero attached hydrogens (tertiary/aromatic N) is 5. The van der Waals surface area contributed by atoms with Crippen LogP contribution in [-0.4, -0.2) is 35.1 Å². The molecule has 0 bridgehead atoms. The van der Waals surface area contributed by atoms with Crippen molar-refractivity contribution in [3.05, 3.63) is 66.0 Å². The molecular weight excluding hydrogens is 302 g/mol. The van der Waals surface area contributed by atoms with Gasteiger partial charge in [-0.15, -0.1) is 0 Å².